The summed E-state index contributed by atoms with van der Waals surface area (Å²) < 4.78 is 12.0. The van der Waals surface area contributed by atoms with Crippen molar-refractivity contribution >= 4 is 22.6 Å². The summed E-state index contributed by atoms with van der Waals surface area (Å²) in [6.07, 6.45) is 3.22. The summed E-state index contributed by atoms with van der Waals surface area (Å²) in [6, 6.07) is -0.540. The molecule has 0 aromatic heterocycles. The maximum atomic E-state index is 12.2. The van der Waals surface area contributed by atoms with Crippen molar-refractivity contribution in [1.82, 2.24) is 10.2 Å². The lowest BCUT2D eigenvalue weighted by Gasteiger charge is -2.29. The van der Waals surface area contributed by atoms with Gasteiger partial charge in [-0.05, 0) is 32.1 Å². The molecule has 122 valence electrons. The Balaban J connectivity index is 2.42. The first kappa shape index (κ1) is 18.1. The molecule has 6 heteroatoms. The third-order valence-electron chi connectivity index (χ3n) is 4.04. The zero-order chi connectivity index (χ0) is 16.0. The van der Waals surface area contributed by atoms with Crippen LogP contribution in [0, 0.1) is 5.92 Å². The molecule has 0 radical (unpaired) electrons. The second-order valence-corrected chi connectivity index (χ2v) is 7.94. The third-order valence-corrected chi connectivity index (χ3v) is 5.96. The summed E-state index contributed by atoms with van der Waals surface area (Å²) in [5.41, 5.74) is 0. The number of hydrogen-bond donors (Lipinski definition) is 1. The van der Waals surface area contributed by atoms with Gasteiger partial charge in [-0.25, -0.2) is 0 Å². The molecule has 3 atom stereocenters. The standard InChI is InChI=1S/C15H28N2O3S/c1-11(2)13(4)21(20)10-14(18)16-12(3)15(19)17-8-6-5-7-9-17/h11-13H,5-10H2,1-4H3,(H,16,18). The van der Waals surface area contributed by atoms with E-state index in [0.717, 1.165) is 32.4 Å². The molecule has 3 unspecified atom stereocenters. The molecule has 5 nitrogen and oxygen atoms in total. The summed E-state index contributed by atoms with van der Waals surface area (Å²) in [5, 5.41) is 2.65. The summed E-state index contributed by atoms with van der Waals surface area (Å²) >= 11 is 0. The van der Waals surface area contributed by atoms with Crippen LogP contribution in [0.3, 0.4) is 0 Å². The molecule has 0 saturated carbocycles. The highest BCUT2D eigenvalue weighted by Gasteiger charge is 2.25. The van der Waals surface area contributed by atoms with E-state index < -0.39 is 16.8 Å². The Morgan fingerprint density at radius 2 is 1.67 bits per heavy atom. The number of rotatable bonds is 6. The van der Waals surface area contributed by atoms with Gasteiger partial charge in [0.2, 0.25) is 11.8 Å². The Morgan fingerprint density at radius 1 is 1.10 bits per heavy atom. The zero-order valence-corrected chi connectivity index (χ0v) is 14.4. The highest BCUT2D eigenvalue weighted by molar-refractivity contribution is 7.86. The Morgan fingerprint density at radius 3 is 2.19 bits per heavy atom. The summed E-state index contributed by atoms with van der Waals surface area (Å²) in [4.78, 5) is 25.9. The monoisotopic (exact) mass is 316 g/mol. The van der Waals surface area contributed by atoms with Crippen LogP contribution in [0.25, 0.3) is 0 Å². The molecule has 0 bridgehead atoms. The van der Waals surface area contributed by atoms with Crippen LogP contribution in [0.2, 0.25) is 0 Å². The van der Waals surface area contributed by atoms with E-state index in [1.54, 1.807) is 6.92 Å². The van der Waals surface area contributed by atoms with Gasteiger partial charge in [0.25, 0.3) is 0 Å². The van der Waals surface area contributed by atoms with Crippen LogP contribution in [-0.2, 0) is 20.4 Å². The number of amides is 2. The molecule has 2 amide bonds. The predicted molar refractivity (Wildman–Crippen MR) is 85.3 cm³/mol. The van der Waals surface area contributed by atoms with Crippen molar-refractivity contribution < 1.29 is 13.8 Å². The van der Waals surface area contributed by atoms with Crippen molar-refractivity contribution in [2.45, 2.75) is 58.2 Å². The summed E-state index contributed by atoms with van der Waals surface area (Å²) in [7, 11) is -1.20. The van der Waals surface area contributed by atoms with Crippen LogP contribution in [0.15, 0.2) is 0 Å². The minimum atomic E-state index is -1.20. The molecule has 0 spiro atoms. The van der Waals surface area contributed by atoms with Gasteiger partial charge in [0.15, 0.2) is 0 Å². The highest BCUT2D eigenvalue weighted by Crippen LogP contribution is 2.11. The number of likely N-dealkylation sites (tertiary alicyclic amines) is 1. The van der Waals surface area contributed by atoms with Gasteiger partial charge in [-0.15, -0.1) is 0 Å². The molecule has 21 heavy (non-hydrogen) atoms. The number of nitrogens with one attached hydrogen (secondary N) is 1. The van der Waals surface area contributed by atoms with Gasteiger partial charge in [-0.1, -0.05) is 20.8 Å². The smallest absolute Gasteiger partial charge is 0.244 e. The maximum Gasteiger partial charge on any atom is 0.244 e. The van der Waals surface area contributed by atoms with Crippen LogP contribution in [0.4, 0.5) is 0 Å². The third kappa shape index (κ3) is 5.77. The van der Waals surface area contributed by atoms with Gasteiger partial charge < -0.3 is 10.2 Å². The van der Waals surface area contributed by atoms with Gasteiger partial charge >= 0.3 is 0 Å². The van der Waals surface area contributed by atoms with Gasteiger partial charge in [0.1, 0.15) is 11.8 Å². The van der Waals surface area contributed by atoms with E-state index in [2.05, 4.69) is 5.32 Å². The van der Waals surface area contributed by atoms with E-state index in [1.807, 2.05) is 25.7 Å². The van der Waals surface area contributed by atoms with Crippen LogP contribution < -0.4 is 5.32 Å². The first-order chi connectivity index (χ1) is 9.82. The maximum absolute atomic E-state index is 12.2. The Hall–Kier alpha value is -0.910. The number of nitrogens with zero attached hydrogens (tertiary/aromatic N) is 1. The Kier molecular flexibility index (Phi) is 7.35. The minimum absolute atomic E-state index is 0.0242. The van der Waals surface area contributed by atoms with Crippen LogP contribution in [-0.4, -0.2) is 51.1 Å². The van der Waals surface area contributed by atoms with Gasteiger partial charge in [0, 0.05) is 29.1 Å². The lowest BCUT2D eigenvalue weighted by Crippen LogP contribution is -2.49. The molecule has 1 rings (SSSR count). The first-order valence-corrected chi connectivity index (χ1v) is 9.16. The van der Waals surface area contributed by atoms with Crippen LogP contribution >= 0.6 is 0 Å². The number of carbonyl (C=O) groups is 2. The van der Waals surface area contributed by atoms with E-state index in [-0.39, 0.29) is 28.7 Å². The molecular formula is C15H28N2O3S. The lowest BCUT2D eigenvalue weighted by molar-refractivity contribution is -0.136. The molecule has 1 heterocycles. The van der Waals surface area contributed by atoms with Crippen LogP contribution in [0.5, 0.6) is 0 Å². The fourth-order valence-corrected chi connectivity index (χ4v) is 3.51. The largest absolute Gasteiger partial charge is 0.344 e. The number of hydrogen-bond acceptors (Lipinski definition) is 3. The van der Waals surface area contributed by atoms with Crippen molar-refractivity contribution in [3.8, 4) is 0 Å². The Labute approximate surface area is 130 Å². The average Bonchev–Trinajstić information content (AvgIpc) is 2.46. The normalized spacial score (nSPS) is 20.0. The zero-order valence-electron chi connectivity index (χ0n) is 13.6. The summed E-state index contributed by atoms with van der Waals surface area (Å²) in [6.45, 7) is 9.11. The van der Waals surface area contributed by atoms with E-state index in [0.29, 0.717) is 0 Å². The van der Waals surface area contributed by atoms with Gasteiger partial charge in [-0.3, -0.25) is 13.8 Å². The topological polar surface area (TPSA) is 66.5 Å². The average molecular weight is 316 g/mol. The number of piperidine rings is 1. The molecule has 1 saturated heterocycles. The summed E-state index contributed by atoms with van der Waals surface area (Å²) in [5.74, 6) is -0.104. The molecule has 0 aromatic rings. The Bertz CT molecular complexity index is 392. The van der Waals surface area contributed by atoms with E-state index in [1.165, 1.54) is 0 Å². The quantitative estimate of drug-likeness (QED) is 0.803. The lowest BCUT2D eigenvalue weighted by atomic mass is 10.1. The van der Waals surface area contributed by atoms with E-state index in [4.69, 9.17) is 0 Å². The molecule has 1 aliphatic heterocycles. The van der Waals surface area contributed by atoms with Crippen molar-refractivity contribution in [3.05, 3.63) is 0 Å². The van der Waals surface area contributed by atoms with E-state index in [9.17, 15) is 13.8 Å². The van der Waals surface area contributed by atoms with Crippen molar-refractivity contribution in [2.24, 2.45) is 5.92 Å². The minimum Gasteiger partial charge on any atom is -0.344 e. The van der Waals surface area contributed by atoms with Crippen LogP contribution in [0.1, 0.15) is 47.0 Å². The van der Waals surface area contributed by atoms with E-state index >= 15 is 0 Å². The molecule has 1 fully saturated rings. The molecule has 1 aliphatic rings. The molecule has 0 aromatic carbocycles. The first-order valence-electron chi connectivity index (χ1n) is 7.78. The van der Waals surface area contributed by atoms with Crippen molar-refractivity contribution in [2.75, 3.05) is 18.8 Å². The SMILES string of the molecule is CC(NC(=O)CS(=O)C(C)C(C)C)C(=O)N1CCCCC1. The fourth-order valence-electron chi connectivity index (χ4n) is 2.30. The highest BCUT2D eigenvalue weighted by atomic mass is 32.2. The van der Waals surface area contributed by atoms with Gasteiger partial charge in [0.05, 0.1) is 0 Å². The number of carbonyl (C=O) groups excluding carboxylic acids is 2. The second-order valence-electron chi connectivity index (χ2n) is 6.15. The second kappa shape index (κ2) is 8.51. The molecule has 1 N–H and O–H groups in total. The van der Waals surface area contributed by atoms with Crippen molar-refractivity contribution in [1.29, 1.82) is 0 Å². The van der Waals surface area contributed by atoms with Crippen molar-refractivity contribution in [3.63, 3.8) is 0 Å². The fraction of sp³-hybridized carbons (Fsp3) is 0.867. The molecule has 0 aliphatic carbocycles. The predicted octanol–water partition coefficient (Wildman–Crippen LogP) is 1.30. The van der Waals surface area contributed by atoms with Gasteiger partial charge in [-0.2, -0.15) is 0 Å². The molecular weight excluding hydrogens is 288 g/mol.